The molecule has 0 aliphatic carbocycles. The summed E-state index contributed by atoms with van der Waals surface area (Å²) in [5.41, 5.74) is -0.196. The number of amides is 2. The summed E-state index contributed by atoms with van der Waals surface area (Å²) in [4.78, 5) is 14.4. The summed E-state index contributed by atoms with van der Waals surface area (Å²) in [7, 11) is 0. The zero-order valence-electron chi connectivity index (χ0n) is 14.2. The molecule has 1 saturated heterocycles. The summed E-state index contributed by atoms with van der Waals surface area (Å²) in [6, 6.07) is 1.66. The van der Waals surface area contributed by atoms with Gasteiger partial charge in [-0.3, -0.25) is 0 Å². The maximum Gasteiger partial charge on any atom is 0.314 e. The second kappa shape index (κ2) is 8.66. The first-order chi connectivity index (χ1) is 11.0. The zero-order chi connectivity index (χ0) is 16.7. The van der Waals surface area contributed by atoms with Crippen LogP contribution < -0.4 is 10.6 Å². The van der Waals surface area contributed by atoms with Gasteiger partial charge in [-0.15, -0.1) is 0 Å². The van der Waals surface area contributed by atoms with E-state index in [1.165, 1.54) is 43.7 Å². The number of carbonyl (C=O) groups is 1. The van der Waals surface area contributed by atoms with Crippen LogP contribution in [-0.2, 0) is 5.60 Å². The fourth-order valence-corrected chi connectivity index (χ4v) is 3.68. The summed E-state index contributed by atoms with van der Waals surface area (Å²) in [5, 5.41) is 19.9. The van der Waals surface area contributed by atoms with Crippen LogP contribution in [0, 0.1) is 5.92 Å². The zero-order valence-corrected chi connectivity index (χ0v) is 15.0. The highest BCUT2D eigenvalue weighted by molar-refractivity contribution is 7.08. The highest BCUT2D eigenvalue weighted by Crippen LogP contribution is 2.21. The third-order valence-corrected chi connectivity index (χ3v) is 5.05. The molecule has 1 fully saturated rings. The molecule has 2 amide bonds. The second-order valence-electron chi connectivity index (χ2n) is 6.82. The fourth-order valence-electron chi connectivity index (χ4n) is 2.90. The first-order valence-corrected chi connectivity index (χ1v) is 9.41. The van der Waals surface area contributed by atoms with E-state index >= 15 is 0 Å². The number of carbonyl (C=O) groups excluding carboxylic acids is 1. The van der Waals surface area contributed by atoms with Crippen LogP contribution in [0.1, 0.15) is 38.7 Å². The van der Waals surface area contributed by atoms with Gasteiger partial charge in [-0.2, -0.15) is 11.3 Å². The molecule has 2 atom stereocenters. The van der Waals surface area contributed by atoms with Crippen LogP contribution in [-0.4, -0.2) is 48.8 Å². The highest BCUT2D eigenvalue weighted by atomic mass is 32.1. The van der Waals surface area contributed by atoms with Gasteiger partial charge in [0.15, 0.2) is 0 Å². The summed E-state index contributed by atoms with van der Waals surface area (Å²) in [6.45, 7) is 8.14. The molecule has 23 heavy (non-hydrogen) atoms. The number of likely N-dealkylation sites (tertiary alicyclic amines) is 1. The van der Waals surface area contributed by atoms with Crippen molar-refractivity contribution in [3.63, 3.8) is 0 Å². The van der Waals surface area contributed by atoms with Gasteiger partial charge in [-0.05, 0) is 61.2 Å². The van der Waals surface area contributed by atoms with E-state index in [1.807, 2.05) is 16.8 Å². The SMILES string of the molecule is CC(CNC(=O)NCC(C)(O)c1ccsc1)CN1CCCCC1. The molecule has 0 saturated carbocycles. The highest BCUT2D eigenvalue weighted by Gasteiger charge is 2.24. The van der Waals surface area contributed by atoms with Gasteiger partial charge in [-0.1, -0.05) is 13.3 Å². The van der Waals surface area contributed by atoms with Crippen LogP contribution >= 0.6 is 11.3 Å². The van der Waals surface area contributed by atoms with Crippen molar-refractivity contribution >= 4 is 17.4 Å². The standard InChI is InChI=1S/C17H29N3O2S/c1-14(11-20-7-4-3-5-8-20)10-18-16(21)19-13-17(2,22)15-6-9-23-12-15/h6,9,12,14,22H,3-5,7-8,10-11,13H2,1-2H3,(H2,18,19,21). The van der Waals surface area contributed by atoms with E-state index in [9.17, 15) is 9.90 Å². The Hall–Kier alpha value is -1.11. The van der Waals surface area contributed by atoms with Gasteiger partial charge in [0.2, 0.25) is 0 Å². The lowest BCUT2D eigenvalue weighted by atomic mass is 9.99. The Kier molecular flexibility index (Phi) is 6.87. The summed E-state index contributed by atoms with van der Waals surface area (Å²) < 4.78 is 0. The molecule has 0 radical (unpaired) electrons. The number of hydrogen-bond acceptors (Lipinski definition) is 4. The van der Waals surface area contributed by atoms with E-state index in [0.717, 1.165) is 12.1 Å². The van der Waals surface area contributed by atoms with E-state index in [4.69, 9.17) is 0 Å². The number of nitrogens with zero attached hydrogens (tertiary/aromatic N) is 1. The fraction of sp³-hybridized carbons (Fsp3) is 0.706. The van der Waals surface area contributed by atoms with E-state index in [0.29, 0.717) is 12.5 Å². The normalized spacial score (nSPS) is 19.8. The maximum absolute atomic E-state index is 11.9. The first kappa shape index (κ1) is 18.2. The molecule has 0 aromatic carbocycles. The summed E-state index contributed by atoms with van der Waals surface area (Å²) >= 11 is 1.54. The van der Waals surface area contributed by atoms with Crippen molar-refractivity contribution in [1.82, 2.24) is 15.5 Å². The van der Waals surface area contributed by atoms with E-state index in [1.54, 1.807) is 6.92 Å². The quantitative estimate of drug-likeness (QED) is 0.715. The molecule has 0 bridgehead atoms. The summed E-state index contributed by atoms with van der Waals surface area (Å²) in [5.74, 6) is 0.427. The number of aliphatic hydroxyl groups is 1. The third kappa shape index (κ3) is 6.12. The Balaban J connectivity index is 1.64. The predicted octanol–water partition coefficient (Wildman–Crippen LogP) is 2.38. The summed E-state index contributed by atoms with van der Waals surface area (Å²) in [6.07, 6.45) is 3.92. The Labute approximate surface area is 143 Å². The van der Waals surface area contributed by atoms with E-state index in [-0.39, 0.29) is 12.6 Å². The van der Waals surface area contributed by atoms with Crippen molar-refractivity contribution in [2.75, 3.05) is 32.7 Å². The van der Waals surface area contributed by atoms with Gasteiger partial charge in [0.05, 0.1) is 6.54 Å². The lowest BCUT2D eigenvalue weighted by molar-refractivity contribution is 0.0598. The Morgan fingerprint density at radius 2 is 2.13 bits per heavy atom. The molecule has 130 valence electrons. The number of urea groups is 1. The second-order valence-corrected chi connectivity index (χ2v) is 7.60. The Morgan fingerprint density at radius 3 is 2.78 bits per heavy atom. The van der Waals surface area contributed by atoms with Gasteiger partial charge in [0.25, 0.3) is 0 Å². The van der Waals surface area contributed by atoms with E-state index in [2.05, 4.69) is 22.5 Å². The third-order valence-electron chi connectivity index (χ3n) is 4.37. The number of hydrogen-bond donors (Lipinski definition) is 3. The molecule has 1 aliphatic rings. The Morgan fingerprint density at radius 1 is 1.39 bits per heavy atom. The molecular formula is C17H29N3O2S. The van der Waals surface area contributed by atoms with Crippen molar-refractivity contribution in [3.8, 4) is 0 Å². The van der Waals surface area contributed by atoms with Crippen LogP contribution in [0.3, 0.4) is 0 Å². The molecule has 1 aliphatic heterocycles. The first-order valence-electron chi connectivity index (χ1n) is 8.46. The van der Waals surface area contributed by atoms with Crippen molar-refractivity contribution < 1.29 is 9.90 Å². The lowest BCUT2D eigenvalue weighted by Crippen LogP contribution is -2.45. The van der Waals surface area contributed by atoms with Crippen molar-refractivity contribution in [3.05, 3.63) is 22.4 Å². The van der Waals surface area contributed by atoms with Crippen molar-refractivity contribution in [1.29, 1.82) is 0 Å². The van der Waals surface area contributed by atoms with Gasteiger partial charge in [0, 0.05) is 13.1 Å². The average molecular weight is 340 g/mol. The molecular weight excluding hydrogens is 310 g/mol. The minimum Gasteiger partial charge on any atom is -0.384 e. The van der Waals surface area contributed by atoms with Gasteiger partial charge in [0.1, 0.15) is 5.60 Å². The molecule has 2 heterocycles. The van der Waals surface area contributed by atoms with E-state index < -0.39 is 5.60 Å². The minimum absolute atomic E-state index is 0.204. The molecule has 0 spiro atoms. The molecule has 6 heteroatoms. The molecule has 2 unspecified atom stereocenters. The number of thiophene rings is 1. The number of piperidine rings is 1. The molecule has 1 aromatic heterocycles. The smallest absolute Gasteiger partial charge is 0.314 e. The monoisotopic (exact) mass is 339 g/mol. The van der Waals surface area contributed by atoms with Crippen LogP contribution in [0.5, 0.6) is 0 Å². The van der Waals surface area contributed by atoms with Crippen LogP contribution in [0.2, 0.25) is 0 Å². The number of rotatable bonds is 7. The van der Waals surface area contributed by atoms with Crippen molar-refractivity contribution in [2.24, 2.45) is 5.92 Å². The van der Waals surface area contributed by atoms with Crippen LogP contribution in [0.25, 0.3) is 0 Å². The lowest BCUT2D eigenvalue weighted by Gasteiger charge is -2.29. The van der Waals surface area contributed by atoms with Gasteiger partial charge >= 0.3 is 6.03 Å². The molecule has 1 aromatic rings. The minimum atomic E-state index is -1.03. The van der Waals surface area contributed by atoms with Crippen LogP contribution in [0.4, 0.5) is 4.79 Å². The Bertz CT molecular complexity index is 470. The van der Waals surface area contributed by atoms with Crippen molar-refractivity contribution in [2.45, 2.75) is 38.7 Å². The van der Waals surface area contributed by atoms with Crippen LogP contribution in [0.15, 0.2) is 16.8 Å². The molecule has 5 nitrogen and oxygen atoms in total. The average Bonchev–Trinajstić information content (AvgIpc) is 3.07. The molecule has 3 N–H and O–H groups in total. The maximum atomic E-state index is 11.9. The molecule has 2 rings (SSSR count). The predicted molar refractivity (Wildman–Crippen MR) is 94.7 cm³/mol. The topological polar surface area (TPSA) is 64.6 Å². The van der Waals surface area contributed by atoms with Gasteiger partial charge < -0.3 is 20.6 Å². The largest absolute Gasteiger partial charge is 0.384 e. The number of nitrogens with one attached hydrogen (secondary N) is 2. The van der Waals surface area contributed by atoms with Gasteiger partial charge in [-0.25, -0.2) is 4.79 Å².